The first kappa shape index (κ1) is 27.2. The number of benzene rings is 1. The van der Waals surface area contributed by atoms with Gasteiger partial charge in [0.1, 0.15) is 0 Å². The number of amides is 2. The molecule has 1 N–H and O–H groups in total. The molecule has 0 unspecified atom stereocenters. The summed E-state index contributed by atoms with van der Waals surface area (Å²) in [6.45, 7) is 6.55. The van der Waals surface area contributed by atoms with E-state index in [4.69, 9.17) is 4.74 Å². The first-order chi connectivity index (χ1) is 15.7. The summed E-state index contributed by atoms with van der Waals surface area (Å²) >= 11 is 0. The molecule has 1 aromatic carbocycles. The predicted molar refractivity (Wildman–Crippen MR) is 126 cm³/mol. The molecule has 1 aromatic rings. The molecular formula is C25H38F3N3O2. The van der Waals surface area contributed by atoms with Gasteiger partial charge < -0.3 is 19.9 Å². The van der Waals surface area contributed by atoms with Crippen LogP contribution in [-0.2, 0) is 10.9 Å². The number of rotatable bonds is 12. The van der Waals surface area contributed by atoms with E-state index >= 15 is 0 Å². The van der Waals surface area contributed by atoms with Gasteiger partial charge >= 0.3 is 12.2 Å². The van der Waals surface area contributed by atoms with Crippen molar-refractivity contribution in [1.82, 2.24) is 9.80 Å². The lowest BCUT2D eigenvalue weighted by atomic mass is 9.92. The average molecular weight is 470 g/mol. The van der Waals surface area contributed by atoms with Crippen LogP contribution in [0.25, 0.3) is 0 Å². The monoisotopic (exact) mass is 469 g/mol. The molecule has 33 heavy (non-hydrogen) atoms. The fraction of sp³-hybridized carbons (Fsp3) is 0.640. The molecule has 0 bridgehead atoms. The quantitative estimate of drug-likeness (QED) is 0.294. The Morgan fingerprint density at radius 1 is 1.09 bits per heavy atom. The second-order valence-electron chi connectivity index (χ2n) is 8.88. The Morgan fingerprint density at radius 3 is 2.33 bits per heavy atom. The van der Waals surface area contributed by atoms with E-state index in [-0.39, 0.29) is 18.2 Å². The van der Waals surface area contributed by atoms with Crippen molar-refractivity contribution in [1.29, 1.82) is 0 Å². The Morgan fingerprint density at radius 2 is 1.73 bits per heavy atom. The second kappa shape index (κ2) is 13.6. The van der Waals surface area contributed by atoms with E-state index in [1.165, 1.54) is 31.4 Å². The predicted octanol–water partition coefficient (Wildman–Crippen LogP) is 6.18. The Labute approximate surface area is 196 Å². The van der Waals surface area contributed by atoms with E-state index in [2.05, 4.69) is 23.8 Å². The third kappa shape index (κ3) is 9.76. The van der Waals surface area contributed by atoms with Crippen LogP contribution in [0, 0.1) is 0 Å². The van der Waals surface area contributed by atoms with Crippen LogP contribution in [0.2, 0.25) is 0 Å². The van der Waals surface area contributed by atoms with Gasteiger partial charge in [-0.3, -0.25) is 0 Å². The van der Waals surface area contributed by atoms with Crippen LogP contribution >= 0.6 is 0 Å². The Bertz CT molecular complexity index is 717. The summed E-state index contributed by atoms with van der Waals surface area (Å²) in [5.74, 6) is 0. The highest BCUT2D eigenvalue weighted by Gasteiger charge is 2.30. The van der Waals surface area contributed by atoms with Crippen molar-refractivity contribution in [3.8, 4) is 0 Å². The molecule has 8 heteroatoms. The molecule has 5 nitrogen and oxygen atoms in total. The molecule has 186 valence electrons. The van der Waals surface area contributed by atoms with E-state index in [0.29, 0.717) is 5.69 Å². The lowest BCUT2D eigenvalue weighted by Gasteiger charge is -2.34. The van der Waals surface area contributed by atoms with Gasteiger partial charge in [0, 0.05) is 31.9 Å². The third-order valence-corrected chi connectivity index (χ3v) is 6.20. The Balaban J connectivity index is 1.60. The molecule has 2 amide bonds. The maximum Gasteiger partial charge on any atom is 0.416 e. The maximum atomic E-state index is 12.7. The van der Waals surface area contributed by atoms with Gasteiger partial charge in [-0.1, -0.05) is 18.9 Å². The van der Waals surface area contributed by atoms with Crippen molar-refractivity contribution in [2.45, 2.75) is 69.7 Å². The van der Waals surface area contributed by atoms with Crippen LogP contribution < -0.4 is 5.32 Å². The largest absolute Gasteiger partial charge is 0.416 e. The minimum atomic E-state index is -4.39. The third-order valence-electron chi connectivity index (χ3n) is 6.20. The first-order valence-electron chi connectivity index (χ1n) is 11.8. The van der Waals surface area contributed by atoms with Gasteiger partial charge in [0.05, 0.1) is 11.7 Å². The van der Waals surface area contributed by atoms with Gasteiger partial charge in [-0.2, -0.15) is 13.2 Å². The number of carbonyl (C=O) groups excluding carboxylic acids is 1. The van der Waals surface area contributed by atoms with Crippen LogP contribution in [0.15, 0.2) is 36.9 Å². The molecule has 0 saturated heterocycles. The molecule has 0 aromatic heterocycles. The molecule has 2 rings (SSSR count). The van der Waals surface area contributed by atoms with Crippen molar-refractivity contribution >= 4 is 11.7 Å². The summed E-state index contributed by atoms with van der Waals surface area (Å²) < 4.78 is 44.1. The highest BCUT2D eigenvalue weighted by atomic mass is 19.4. The summed E-state index contributed by atoms with van der Waals surface area (Å²) in [6, 6.07) is 4.29. The molecule has 0 aliphatic heterocycles. The number of urea groups is 1. The number of likely N-dealkylation sites (N-methyl/N-ethyl adjacent to an activating group) is 1. The highest BCUT2D eigenvalue weighted by molar-refractivity contribution is 5.89. The number of nitrogens with one attached hydrogen (secondary N) is 1. The molecular weight excluding hydrogens is 431 g/mol. The first-order valence-corrected chi connectivity index (χ1v) is 11.8. The van der Waals surface area contributed by atoms with Crippen LogP contribution in [0.5, 0.6) is 0 Å². The van der Waals surface area contributed by atoms with Crippen molar-refractivity contribution in [2.75, 3.05) is 39.1 Å². The minimum Gasteiger partial charge on any atom is -0.378 e. The number of hydrogen-bond acceptors (Lipinski definition) is 3. The lowest BCUT2D eigenvalue weighted by Crippen LogP contribution is -2.42. The zero-order valence-corrected chi connectivity index (χ0v) is 19.9. The summed E-state index contributed by atoms with van der Waals surface area (Å²) in [4.78, 5) is 16.4. The minimum absolute atomic E-state index is 0.104. The molecule has 1 saturated carbocycles. The zero-order valence-electron chi connectivity index (χ0n) is 19.9. The fourth-order valence-electron chi connectivity index (χ4n) is 4.12. The van der Waals surface area contributed by atoms with E-state index in [1.54, 1.807) is 11.9 Å². The molecule has 0 heterocycles. The highest BCUT2D eigenvalue weighted by Crippen LogP contribution is 2.30. The smallest absolute Gasteiger partial charge is 0.378 e. The summed E-state index contributed by atoms with van der Waals surface area (Å²) in [6.07, 6.45) is 5.95. The van der Waals surface area contributed by atoms with Crippen LogP contribution in [0.3, 0.4) is 0 Å². The van der Waals surface area contributed by atoms with Crippen LogP contribution in [0.4, 0.5) is 23.7 Å². The van der Waals surface area contributed by atoms with Crippen LogP contribution in [-0.4, -0.2) is 61.8 Å². The molecule has 0 atom stereocenters. The standard InChI is InChI=1S/C25H38F3N3O2/c1-4-17-30(2)18-7-5-6-8-19-33-23-15-13-22(14-16-23)31(3)24(32)29-21-11-9-20(10-12-21)25(26,27)28/h4,9-12,22-23H,1,5-8,13-19H2,2-3H3,(H,29,32). The van der Waals surface area contributed by atoms with Gasteiger partial charge in [-0.05, 0) is 76.4 Å². The molecule has 1 fully saturated rings. The van der Waals surface area contributed by atoms with Gasteiger partial charge in [0.15, 0.2) is 0 Å². The number of hydrogen-bond donors (Lipinski definition) is 1. The zero-order chi connectivity index (χ0) is 24.3. The number of halogens is 3. The van der Waals surface area contributed by atoms with E-state index in [9.17, 15) is 18.0 Å². The number of nitrogens with zero attached hydrogens (tertiary/aromatic N) is 2. The number of carbonyl (C=O) groups is 1. The average Bonchev–Trinajstić information content (AvgIpc) is 2.78. The molecule has 1 aliphatic carbocycles. The van der Waals surface area contributed by atoms with Gasteiger partial charge in [0.2, 0.25) is 0 Å². The number of anilines is 1. The molecule has 0 radical (unpaired) electrons. The van der Waals surface area contributed by atoms with E-state index < -0.39 is 11.7 Å². The second-order valence-corrected chi connectivity index (χ2v) is 8.88. The fourth-order valence-corrected chi connectivity index (χ4v) is 4.12. The summed E-state index contributed by atoms with van der Waals surface area (Å²) in [7, 11) is 3.84. The van der Waals surface area contributed by atoms with Crippen molar-refractivity contribution in [2.24, 2.45) is 0 Å². The van der Waals surface area contributed by atoms with E-state index in [0.717, 1.165) is 63.9 Å². The number of alkyl halides is 3. The Kier molecular flexibility index (Phi) is 11.2. The SMILES string of the molecule is C=CCN(C)CCCCCCOC1CCC(N(C)C(=O)Nc2ccc(C(F)(F)F)cc2)CC1. The summed E-state index contributed by atoms with van der Waals surface area (Å²) in [5, 5.41) is 2.68. The number of unbranched alkanes of at least 4 members (excludes halogenated alkanes) is 3. The van der Waals surface area contributed by atoms with Crippen LogP contribution in [0.1, 0.15) is 56.9 Å². The van der Waals surface area contributed by atoms with Gasteiger partial charge in [-0.25, -0.2) is 4.79 Å². The molecule has 1 aliphatic rings. The maximum absolute atomic E-state index is 12.7. The van der Waals surface area contributed by atoms with Gasteiger partial charge in [0.25, 0.3) is 0 Å². The van der Waals surface area contributed by atoms with Crippen molar-refractivity contribution < 1.29 is 22.7 Å². The van der Waals surface area contributed by atoms with E-state index in [1.807, 2.05) is 6.08 Å². The molecule has 0 spiro atoms. The summed E-state index contributed by atoms with van der Waals surface area (Å²) in [5.41, 5.74) is -0.382. The number of ether oxygens (including phenoxy) is 1. The van der Waals surface area contributed by atoms with Crippen molar-refractivity contribution in [3.05, 3.63) is 42.5 Å². The normalized spacial score (nSPS) is 18.8. The van der Waals surface area contributed by atoms with Crippen molar-refractivity contribution in [3.63, 3.8) is 0 Å². The van der Waals surface area contributed by atoms with Gasteiger partial charge in [-0.15, -0.1) is 6.58 Å². The lowest BCUT2D eigenvalue weighted by molar-refractivity contribution is -0.137. The topological polar surface area (TPSA) is 44.8 Å². The Hall–Kier alpha value is -2.06.